The summed E-state index contributed by atoms with van der Waals surface area (Å²) < 4.78 is 86.0. The molecule has 10 heterocycles. The molecule has 0 aliphatic carbocycles. The van der Waals surface area contributed by atoms with Gasteiger partial charge in [0, 0.05) is 78.7 Å². The van der Waals surface area contributed by atoms with Crippen LogP contribution in [0.4, 0.5) is 29.2 Å². The van der Waals surface area contributed by atoms with Gasteiger partial charge in [-0.1, -0.05) is 54.6 Å². The molecule has 0 saturated carbocycles. The predicted molar refractivity (Wildman–Crippen MR) is 304 cm³/mol. The number of nitrogens with one attached hydrogen (secondary N) is 2. The number of nitrogens with zero attached hydrogens (tertiary/aromatic N) is 10. The van der Waals surface area contributed by atoms with Gasteiger partial charge < -0.3 is 29.5 Å². The Morgan fingerprint density at radius 3 is 2.18 bits per heavy atom. The molecule has 0 spiro atoms. The molecule has 9 aromatic rings. The van der Waals surface area contributed by atoms with Crippen molar-refractivity contribution < 1.29 is 36.9 Å². The predicted octanol–water partition coefficient (Wildman–Crippen LogP) is 10.5. The molecule has 0 bridgehead atoms. The van der Waals surface area contributed by atoms with Gasteiger partial charge >= 0.3 is 12.0 Å². The molecular formula is C62H62F4N12O4. The summed E-state index contributed by atoms with van der Waals surface area (Å²) in [5.41, 5.74) is 1.75. The molecule has 0 radical (unpaired) electrons. The summed E-state index contributed by atoms with van der Waals surface area (Å²) in [5, 5.41) is 23.3. The fourth-order valence-corrected chi connectivity index (χ4v) is 14.1. The van der Waals surface area contributed by atoms with Gasteiger partial charge in [-0.2, -0.15) is 25.0 Å². The number of halogens is 4. The summed E-state index contributed by atoms with van der Waals surface area (Å²) in [5.74, 6) is -1.89. The number of aliphatic hydroxyl groups is 1. The largest absolute Gasteiger partial charge is 0.461 e. The van der Waals surface area contributed by atoms with Crippen molar-refractivity contribution in [3.63, 3.8) is 0 Å². The highest BCUT2D eigenvalue weighted by Crippen LogP contribution is 2.51. The molecule has 16 nitrogen and oxygen atoms in total. The molecule has 5 fully saturated rings. The van der Waals surface area contributed by atoms with Gasteiger partial charge in [-0.05, 0) is 118 Å². The number of aryl methyl sites for hydroxylation is 1. The quantitative estimate of drug-likeness (QED) is 0.0615. The van der Waals surface area contributed by atoms with Crippen LogP contribution in [0.2, 0.25) is 0 Å². The van der Waals surface area contributed by atoms with Gasteiger partial charge in [-0.25, -0.2) is 17.6 Å². The number of H-pyrrole nitrogens is 1. The number of rotatable bonds is 16. The second kappa shape index (κ2) is 21.6. The van der Waals surface area contributed by atoms with Gasteiger partial charge in [0.15, 0.2) is 11.6 Å². The van der Waals surface area contributed by atoms with Crippen molar-refractivity contribution in [2.24, 2.45) is 5.92 Å². The van der Waals surface area contributed by atoms with Crippen LogP contribution in [0.3, 0.4) is 0 Å². The number of pyridine rings is 2. The van der Waals surface area contributed by atoms with Crippen LogP contribution in [-0.4, -0.2) is 138 Å². The summed E-state index contributed by atoms with van der Waals surface area (Å²) in [6.45, 7) is 5.27. The number of benzene rings is 4. The van der Waals surface area contributed by atoms with Crippen LogP contribution in [0.1, 0.15) is 75.1 Å². The van der Waals surface area contributed by atoms with Crippen LogP contribution >= 0.6 is 0 Å². The van der Waals surface area contributed by atoms with Crippen LogP contribution in [0.5, 0.6) is 12.0 Å². The minimum atomic E-state index is -0.745. The minimum Gasteiger partial charge on any atom is -0.461 e. The Morgan fingerprint density at radius 2 is 1.40 bits per heavy atom. The lowest BCUT2D eigenvalue weighted by Crippen LogP contribution is -2.44. The number of ether oxygens (including phenoxy) is 3. The van der Waals surface area contributed by atoms with E-state index in [1.807, 2.05) is 29.2 Å². The zero-order valence-electron chi connectivity index (χ0n) is 45.3. The molecule has 20 heteroatoms. The number of hydrogen-bond acceptors (Lipinski definition) is 15. The Hall–Kier alpha value is -7.65. The topological polar surface area (TPSA) is 176 Å². The summed E-state index contributed by atoms with van der Waals surface area (Å²) in [7, 11) is 0. The van der Waals surface area contributed by atoms with E-state index in [0.29, 0.717) is 78.2 Å². The Morgan fingerprint density at radius 1 is 0.707 bits per heavy atom. The van der Waals surface area contributed by atoms with Crippen LogP contribution < -0.4 is 19.7 Å². The van der Waals surface area contributed by atoms with Crippen molar-refractivity contribution in [1.29, 1.82) is 0 Å². The molecule has 422 valence electrons. The van der Waals surface area contributed by atoms with Crippen molar-refractivity contribution in [3.8, 4) is 34.5 Å². The van der Waals surface area contributed by atoms with Crippen molar-refractivity contribution in [2.45, 2.75) is 81.3 Å². The number of anilines is 2. The third-order valence-electron chi connectivity index (χ3n) is 18.1. The van der Waals surface area contributed by atoms with Crippen molar-refractivity contribution >= 4 is 55.0 Å². The van der Waals surface area contributed by atoms with Gasteiger partial charge in [0.25, 0.3) is 0 Å². The molecule has 4 aromatic carbocycles. The molecule has 5 aromatic heterocycles. The number of aliphatic hydroxyl groups excluding tert-OH is 1. The first kappa shape index (κ1) is 52.4. The maximum atomic E-state index is 17.5. The van der Waals surface area contributed by atoms with Crippen LogP contribution in [0, 0.1) is 29.2 Å². The van der Waals surface area contributed by atoms with Crippen molar-refractivity contribution in [2.75, 3.05) is 82.5 Å². The van der Waals surface area contributed by atoms with E-state index in [1.165, 1.54) is 18.3 Å². The molecule has 3 atom stereocenters. The number of aromatic nitrogens is 8. The fraction of sp³-hybridized carbons (Fsp3) is 0.403. The van der Waals surface area contributed by atoms with E-state index in [9.17, 15) is 5.11 Å². The lowest BCUT2D eigenvalue weighted by atomic mass is 9.92. The van der Waals surface area contributed by atoms with Crippen molar-refractivity contribution in [1.82, 2.24) is 49.9 Å². The van der Waals surface area contributed by atoms with E-state index in [0.717, 1.165) is 95.1 Å². The normalized spacial score (nSPS) is 21.0. The van der Waals surface area contributed by atoms with E-state index in [-0.39, 0.29) is 81.5 Å². The van der Waals surface area contributed by atoms with Gasteiger partial charge in [0.05, 0.1) is 40.8 Å². The molecule has 5 saturated heterocycles. The Kier molecular flexibility index (Phi) is 13.8. The van der Waals surface area contributed by atoms with Crippen LogP contribution in [-0.2, 0) is 11.2 Å². The highest BCUT2D eigenvalue weighted by atomic mass is 19.1. The van der Waals surface area contributed by atoms with Gasteiger partial charge in [-0.3, -0.25) is 24.9 Å². The smallest absolute Gasteiger partial charge is 0.319 e. The third-order valence-corrected chi connectivity index (χ3v) is 18.1. The first-order valence-corrected chi connectivity index (χ1v) is 28.7. The number of fused-ring (bicyclic) bond motifs is 6. The highest BCUT2D eigenvalue weighted by molar-refractivity contribution is 6.01. The van der Waals surface area contributed by atoms with E-state index in [2.05, 4.69) is 30.3 Å². The molecule has 3 unspecified atom stereocenters. The number of aromatic amines is 1. The average molecular weight is 1120 g/mol. The zero-order chi connectivity index (χ0) is 55.5. The molecule has 3 N–H and O–H groups in total. The van der Waals surface area contributed by atoms with Gasteiger partial charge in [0.1, 0.15) is 58.9 Å². The summed E-state index contributed by atoms with van der Waals surface area (Å²) >= 11 is 0. The summed E-state index contributed by atoms with van der Waals surface area (Å²) in [4.78, 5) is 35.4. The van der Waals surface area contributed by atoms with E-state index in [4.69, 9.17) is 39.1 Å². The fourth-order valence-electron chi connectivity index (χ4n) is 14.1. The molecule has 14 rings (SSSR count). The van der Waals surface area contributed by atoms with Crippen LogP contribution in [0.25, 0.3) is 65.9 Å². The standard InChI is InChI=1S/C62H62F4N12O4/c63-46-14-2-9-38-8-1-12-42(49(38)46)53-52(66)56-45(31-69-53)58(76-28-29-80-34-37(32-76)33-79)74-60(72-56)82-36-62-21-7-27-78(62)48(17-22-62)40-15-16-47(64)50-41(40)11-3-13-43(50)54-51(65)55-44(30-68-54)57(67-23-4-10-39-18-24-70-75-39)73-59(71-55)81-35-61-19-5-25-77(61)26-6-20-61/h1-3,8-9,11-16,18,24,30-31,37,48,79H,4-7,10,17,19-23,25-29,32-36H2,(H,70,75)(H,67,71,73). The summed E-state index contributed by atoms with van der Waals surface area (Å²) in [6.07, 6.45) is 13.7. The minimum absolute atomic E-state index is 0.0283. The van der Waals surface area contributed by atoms with Crippen molar-refractivity contribution in [3.05, 3.63) is 126 Å². The highest BCUT2D eigenvalue weighted by Gasteiger charge is 2.51. The van der Waals surface area contributed by atoms with Crippen LogP contribution in [0.15, 0.2) is 91.4 Å². The molecule has 0 amide bonds. The summed E-state index contributed by atoms with van der Waals surface area (Å²) in [6, 6.07) is 20.4. The van der Waals surface area contributed by atoms with Gasteiger partial charge in [0.2, 0.25) is 0 Å². The average Bonchev–Trinajstić information content (AvgIpc) is 4.19. The van der Waals surface area contributed by atoms with E-state index < -0.39 is 28.8 Å². The maximum absolute atomic E-state index is 17.5. The monoisotopic (exact) mass is 1110 g/mol. The van der Waals surface area contributed by atoms with E-state index in [1.54, 1.807) is 48.8 Å². The van der Waals surface area contributed by atoms with E-state index >= 15 is 17.6 Å². The molecule has 5 aliphatic rings. The Labute approximate surface area is 470 Å². The first-order chi connectivity index (χ1) is 40.2. The zero-order valence-corrected chi connectivity index (χ0v) is 45.3. The second-order valence-electron chi connectivity index (χ2n) is 22.8. The lowest BCUT2D eigenvalue weighted by molar-refractivity contribution is 0.0849. The van der Waals surface area contributed by atoms with Gasteiger partial charge in [-0.15, -0.1) is 0 Å². The Bertz CT molecular complexity index is 3880. The molecular weight excluding hydrogens is 1050 g/mol. The second-order valence-corrected chi connectivity index (χ2v) is 22.8. The molecule has 82 heavy (non-hydrogen) atoms. The first-order valence-electron chi connectivity index (χ1n) is 28.7. The Balaban J connectivity index is 0.782. The maximum Gasteiger partial charge on any atom is 0.319 e. The molecule has 5 aliphatic heterocycles. The lowest BCUT2D eigenvalue weighted by Gasteiger charge is -2.35. The number of hydrogen-bond donors (Lipinski definition) is 3. The third kappa shape index (κ3) is 9.27. The SMILES string of the molecule is OCC1COCCN(c2nc(OCC34CCCN3C(c3ccc(F)c5c(-c6ncc7c(NCCCc8cc[nH]n8)nc(OCC89CCCN8CCC9)nc7c6F)cccc35)CC4)nc3c(F)c(-c4cccc5cccc(F)c45)ncc23)C1.